The molecule has 0 unspecified atom stereocenters. The zero-order chi connectivity index (χ0) is 20.2. The summed E-state index contributed by atoms with van der Waals surface area (Å²) in [5.74, 6) is 1.96. The summed E-state index contributed by atoms with van der Waals surface area (Å²) in [6.45, 7) is 11.3. The Morgan fingerprint density at radius 1 is 1.25 bits per heavy atom. The monoisotopic (exact) mass is 394 g/mol. The maximum absolute atomic E-state index is 11.9. The average Bonchev–Trinajstić information content (AvgIpc) is 3.16. The normalized spacial score (nSPS) is 15.7. The third kappa shape index (κ3) is 7.08. The van der Waals surface area contributed by atoms with E-state index in [1.54, 1.807) is 13.4 Å². The van der Waals surface area contributed by atoms with Gasteiger partial charge in [0.2, 0.25) is 5.91 Å². The van der Waals surface area contributed by atoms with Crippen molar-refractivity contribution in [3.8, 4) is 0 Å². The lowest BCUT2D eigenvalue weighted by Gasteiger charge is -2.36. The van der Waals surface area contributed by atoms with E-state index >= 15 is 0 Å². The predicted octanol–water partition coefficient (Wildman–Crippen LogP) is -0.814. The van der Waals surface area contributed by atoms with E-state index in [1.165, 1.54) is 0 Å². The summed E-state index contributed by atoms with van der Waals surface area (Å²) < 4.78 is 7.00. The Morgan fingerprint density at radius 2 is 2.04 bits per heavy atom. The van der Waals surface area contributed by atoms with Crippen molar-refractivity contribution in [2.24, 2.45) is 4.99 Å². The van der Waals surface area contributed by atoms with Gasteiger partial charge in [-0.15, -0.1) is 10.2 Å². The number of aromatic nitrogens is 3. The first kappa shape index (κ1) is 22.1. The molecule has 0 radical (unpaired) electrons. The van der Waals surface area contributed by atoms with Crippen LogP contribution in [0.3, 0.4) is 0 Å². The van der Waals surface area contributed by atoms with E-state index in [0.717, 1.165) is 57.5 Å². The van der Waals surface area contributed by atoms with Gasteiger partial charge in [-0.05, 0) is 6.92 Å². The lowest BCUT2D eigenvalue weighted by Crippen LogP contribution is -2.54. The highest BCUT2D eigenvalue weighted by Crippen LogP contribution is 2.03. The van der Waals surface area contributed by atoms with Gasteiger partial charge in [0, 0.05) is 59.3 Å². The molecule has 0 spiro atoms. The molecule has 0 saturated carbocycles. The molecule has 10 nitrogen and oxygen atoms in total. The highest BCUT2D eigenvalue weighted by Gasteiger charge is 2.21. The molecule has 158 valence electrons. The number of aliphatic imine (C=N–C) groups is 1. The molecular weight excluding hydrogens is 360 g/mol. The van der Waals surface area contributed by atoms with Gasteiger partial charge in [-0.25, -0.2) is 0 Å². The Hall–Kier alpha value is -2.20. The number of methoxy groups -OCH3 is 1. The molecule has 1 fully saturated rings. The Morgan fingerprint density at radius 3 is 2.71 bits per heavy atom. The smallest absolute Gasteiger partial charge is 0.234 e. The third-order valence-electron chi connectivity index (χ3n) is 4.62. The number of nitrogens with zero attached hydrogens (tertiary/aromatic N) is 6. The van der Waals surface area contributed by atoms with Gasteiger partial charge in [-0.1, -0.05) is 6.92 Å². The van der Waals surface area contributed by atoms with Gasteiger partial charge in [0.1, 0.15) is 12.2 Å². The highest BCUT2D eigenvalue weighted by molar-refractivity contribution is 5.80. The van der Waals surface area contributed by atoms with E-state index < -0.39 is 0 Å². The fourth-order valence-corrected chi connectivity index (χ4v) is 3.10. The quantitative estimate of drug-likeness (QED) is 0.304. The van der Waals surface area contributed by atoms with Gasteiger partial charge in [-0.3, -0.25) is 14.7 Å². The fourth-order valence-electron chi connectivity index (χ4n) is 3.10. The molecule has 2 rings (SSSR count). The van der Waals surface area contributed by atoms with E-state index in [-0.39, 0.29) is 5.91 Å². The Kier molecular flexibility index (Phi) is 9.70. The van der Waals surface area contributed by atoms with Crippen molar-refractivity contribution in [2.45, 2.75) is 26.8 Å². The molecule has 1 aromatic rings. The van der Waals surface area contributed by atoms with Crippen molar-refractivity contribution < 1.29 is 9.53 Å². The van der Waals surface area contributed by atoms with Crippen molar-refractivity contribution in [3.63, 3.8) is 0 Å². The van der Waals surface area contributed by atoms with Crippen LogP contribution in [0.2, 0.25) is 0 Å². The predicted molar refractivity (Wildman–Crippen MR) is 108 cm³/mol. The van der Waals surface area contributed by atoms with Gasteiger partial charge < -0.3 is 24.8 Å². The van der Waals surface area contributed by atoms with Gasteiger partial charge >= 0.3 is 0 Å². The van der Waals surface area contributed by atoms with E-state index in [0.29, 0.717) is 26.2 Å². The van der Waals surface area contributed by atoms with Crippen LogP contribution in [0, 0.1) is 0 Å². The molecule has 1 amide bonds. The topological polar surface area (TPSA) is 99.9 Å². The van der Waals surface area contributed by atoms with Gasteiger partial charge in [0.05, 0.1) is 19.7 Å². The number of rotatable bonds is 10. The summed E-state index contributed by atoms with van der Waals surface area (Å²) in [7, 11) is 1.63. The number of hydrogen-bond donors (Lipinski definition) is 2. The van der Waals surface area contributed by atoms with E-state index in [2.05, 4.69) is 44.5 Å². The molecule has 28 heavy (non-hydrogen) atoms. The number of guanidine groups is 1. The van der Waals surface area contributed by atoms with E-state index in [4.69, 9.17) is 9.73 Å². The lowest BCUT2D eigenvalue weighted by molar-refractivity contribution is -0.122. The second kappa shape index (κ2) is 12.3. The van der Waals surface area contributed by atoms with Crippen molar-refractivity contribution in [1.82, 2.24) is 35.2 Å². The second-order valence-corrected chi connectivity index (χ2v) is 6.64. The molecular formula is C18H34N8O2. The second-order valence-electron chi connectivity index (χ2n) is 6.64. The Labute approximate surface area is 167 Å². The van der Waals surface area contributed by atoms with Crippen LogP contribution >= 0.6 is 0 Å². The molecule has 0 atom stereocenters. The minimum Gasteiger partial charge on any atom is -0.383 e. The molecule has 2 N–H and O–H groups in total. The van der Waals surface area contributed by atoms with Crippen molar-refractivity contribution >= 4 is 11.9 Å². The largest absolute Gasteiger partial charge is 0.383 e. The number of carbonyl (C=O) groups excluding carboxylic acids is 1. The fraction of sp³-hybridized carbons (Fsp3) is 0.778. The minimum absolute atomic E-state index is 0.0479. The van der Waals surface area contributed by atoms with Crippen molar-refractivity contribution in [3.05, 3.63) is 12.2 Å². The summed E-state index contributed by atoms with van der Waals surface area (Å²) in [4.78, 5) is 21.1. The van der Waals surface area contributed by atoms with E-state index in [9.17, 15) is 4.79 Å². The number of amides is 1. The molecule has 0 bridgehead atoms. The Bertz CT molecular complexity index is 610. The zero-order valence-electron chi connectivity index (χ0n) is 17.4. The number of ether oxygens (including phenoxy) is 1. The van der Waals surface area contributed by atoms with Crippen LogP contribution < -0.4 is 10.6 Å². The molecule has 0 aromatic carbocycles. The van der Waals surface area contributed by atoms with Crippen molar-refractivity contribution in [2.75, 3.05) is 66.1 Å². The van der Waals surface area contributed by atoms with Gasteiger partial charge in [-0.2, -0.15) is 0 Å². The highest BCUT2D eigenvalue weighted by atomic mass is 16.5. The number of piperazine rings is 1. The summed E-state index contributed by atoms with van der Waals surface area (Å²) in [6, 6.07) is 0. The van der Waals surface area contributed by atoms with Crippen LogP contribution in [0.5, 0.6) is 0 Å². The number of carbonyl (C=O) groups is 1. The number of nitrogens with one attached hydrogen (secondary N) is 2. The Balaban J connectivity index is 1.79. The lowest BCUT2D eigenvalue weighted by atomic mass is 10.3. The van der Waals surface area contributed by atoms with Gasteiger partial charge in [0.15, 0.2) is 5.96 Å². The molecule has 1 aromatic heterocycles. The maximum atomic E-state index is 11.9. The molecule has 1 saturated heterocycles. The van der Waals surface area contributed by atoms with E-state index in [1.807, 2.05) is 4.57 Å². The molecule has 1 aliphatic rings. The maximum Gasteiger partial charge on any atom is 0.234 e. The van der Waals surface area contributed by atoms with Crippen LogP contribution in [0.15, 0.2) is 11.3 Å². The third-order valence-corrected chi connectivity index (χ3v) is 4.62. The van der Waals surface area contributed by atoms with Gasteiger partial charge in [0.25, 0.3) is 0 Å². The van der Waals surface area contributed by atoms with Crippen LogP contribution in [0.4, 0.5) is 0 Å². The first-order valence-electron chi connectivity index (χ1n) is 10.1. The summed E-state index contributed by atoms with van der Waals surface area (Å²) in [5, 5.41) is 14.3. The van der Waals surface area contributed by atoms with Crippen LogP contribution in [-0.4, -0.2) is 103 Å². The summed E-state index contributed by atoms with van der Waals surface area (Å²) in [6.07, 6.45) is 2.63. The standard InChI is InChI=1S/C18H34N8O2/c1-4-16-23-22-15-26(16)8-6-21-18(19-5-2)25-11-9-24(10-12-25)14-17(27)20-7-13-28-3/h15H,4-14H2,1-3H3,(H,19,21)(H,20,27). The number of aryl methyl sites for hydroxylation is 1. The summed E-state index contributed by atoms with van der Waals surface area (Å²) >= 11 is 0. The SMILES string of the molecule is CCNC(=NCCn1cnnc1CC)N1CCN(CC(=O)NCCOC)CC1. The van der Waals surface area contributed by atoms with Crippen molar-refractivity contribution in [1.29, 1.82) is 0 Å². The molecule has 10 heteroatoms. The molecule has 0 aliphatic carbocycles. The van der Waals surface area contributed by atoms with Crippen LogP contribution in [0.25, 0.3) is 0 Å². The van der Waals surface area contributed by atoms with Crippen LogP contribution in [-0.2, 0) is 22.5 Å². The minimum atomic E-state index is 0.0479. The average molecular weight is 395 g/mol. The van der Waals surface area contributed by atoms with Crippen LogP contribution in [0.1, 0.15) is 19.7 Å². The summed E-state index contributed by atoms with van der Waals surface area (Å²) in [5.41, 5.74) is 0. The molecule has 2 heterocycles. The molecule has 1 aliphatic heterocycles. The first-order valence-corrected chi connectivity index (χ1v) is 10.1. The number of hydrogen-bond acceptors (Lipinski definition) is 6. The zero-order valence-corrected chi connectivity index (χ0v) is 17.4. The first-order chi connectivity index (χ1) is 13.7.